The molecule has 6 heterocycles. The van der Waals surface area contributed by atoms with Crippen LogP contribution in [0.1, 0.15) is 84.1 Å². The lowest BCUT2D eigenvalue weighted by Gasteiger charge is -2.36. The number of aliphatic hydroxyl groups is 3. The number of nitrogens with one attached hydrogen (secondary N) is 6. The number of anilines is 1. The number of carbonyl (C=O) groups excluding carboxylic acids is 12. The van der Waals surface area contributed by atoms with Crippen molar-refractivity contribution in [3.63, 3.8) is 0 Å². The molecule has 5 aliphatic rings. The predicted molar refractivity (Wildman–Crippen MR) is 298 cm³/mol. The van der Waals surface area contributed by atoms with Crippen LogP contribution in [-0.4, -0.2) is 216 Å². The zero-order chi connectivity index (χ0) is 61.3. The summed E-state index contributed by atoms with van der Waals surface area (Å²) >= 11 is 0. The van der Waals surface area contributed by atoms with Crippen LogP contribution in [0.4, 0.5) is 5.69 Å². The van der Waals surface area contributed by atoms with E-state index in [0.29, 0.717) is 25.7 Å². The van der Waals surface area contributed by atoms with E-state index in [1.807, 2.05) is 0 Å². The smallest absolute Gasteiger partial charge is 0.253 e. The van der Waals surface area contributed by atoms with Crippen LogP contribution in [0.5, 0.6) is 5.75 Å². The number of aromatic nitrogens is 1. The van der Waals surface area contributed by atoms with E-state index in [0.717, 1.165) is 9.80 Å². The SMILES string of the molecule is CC[C@H](C)[C@@H]1NC(=O)CNC(=O)[C@@H]2CC(=O)[C@H]([C@@H](C)[C@@H](O)CO)NC(=O)[C@@H]3C[C@@H](O)CN3C(=O)[C@H](CC(N)=O)CC(=O)[C@H](CS(=O)c3[nH]c4c(N5CCN(C(=O)CCCCCN6C(=O)C=CC6=O)CC5)c(O)ccc4c3C2)NC(=O)CNC1=O. The van der Waals surface area contributed by atoms with Gasteiger partial charge in [-0.15, -0.1) is 0 Å². The Morgan fingerprint density at radius 1 is 0.810 bits per heavy atom. The maximum Gasteiger partial charge on any atom is 0.253 e. The zero-order valence-electron chi connectivity index (χ0n) is 47.1. The van der Waals surface area contributed by atoms with E-state index in [1.54, 1.807) is 23.6 Å². The fourth-order valence-electron chi connectivity index (χ4n) is 11.3. The molecule has 2 saturated heterocycles. The zero-order valence-corrected chi connectivity index (χ0v) is 47.9. The van der Waals surface area contributed by atoms with Crippen molar-refractivity contribution in [2.24, 2.45) is 29.4 Å². The highest BCUT2D eigenvalue weighted by atomic mass is 32.2. The van der Waals surface area contributed by atoms with Crippen LogP contribution >= 0.6 is 0 Å². The Labute approximate surface area is 485 Å². The molecule has 84 heavy (non-hydrogen) atoms. The molecule has 5 aliphatic heterocycles. The summed E-state index contributed by atoms with van der Waals surface area (Å²) in [6.07, 6.45) is -1.80. The highest BCUT2D eigenvalue weighted by molar-refractivity contribution is 7.85. The Kier molecular flexibility index (Phi) is 21.5. The highest BCUT2D eigenvalue weighted by Gasteiger charge is 2.45. The van der Waals surface area contributed by atoms with Crippen molar-refractivity contribution in [1.82, 2.24) is 46.3 Å². The third kappa shape index (κ3) is 15.2. The highest BCUT2D eigenvalue weighted by Crippen LogP contribution is 2.41. The van der Waals surface area contributed by atoms with Crippen LogP contribution in [0.2, 0.25) is 0 Å². The van der Waals surface area contributed by atoms with Crippen LogP contribution in [0, 0.1) is 23.7 Å². The van der Waals surface area contributed by atoms with Crippen LogP contribution in [0.25, 0.3) is 10.9 Å². The maximum atomic E-state index is 15.4. The molecule has 2 fully saturated rings. The first-order chi connectivity index (χ1) is 39.9. The number of phenols is 1. The van der Waals surface area contributed by atoms with Crippen molar-refractivity contribution in [2.45, 2.75) is 126 Å². The number of nitrogens with two attached hydrogens (primary N) is 1. The van der Waals surface area contributed by atoms with Gasteiger partial charge in [-0.25, -0.2) is 0 Å². The molecule has 28 nitrogen and oxygen atoms in total. The Morgan fingerprint density at radius 2 is 1.48 bits per heavy atom. The molecule has 7 rings (SSSR count). The third-order valence-electron chi connectivity index (χ3n) is 16.4. The molecule has 1 aromatic heterocycles. The minimum absolute atomic E-state index is 0.0933. The van der Waals surface area contributed by atoms with Gasteiger partial charge in [-0.1, -0.05) is 33.6 Å². The van der Waals surface area contributed by atoms with E-state index >= 15 is 4.21 Å². The summed E-state index contributed by atoms with van der Waals surface area (Å²) in [5, 5.41) is 56.4. The predicted octanol–water partition coefficient (Wildman–Crippen LogP) is -3.61. The van der Waals surface area contributed by atoms with Crippen molar-refractivity contribution in [2.75, 3.05) is 69.6 Å². The standard InChI is InChI=1S/C55H75N11O17S/c1-4-28(2)47-53(81)58-23-42(74)59-35-27-84(83)54-34(33-9-10-37(69)50(49(33)62-54)64-16-14-63(15-17-64)44(76)8-6-5-7-13-65-45(77)11-12-46(65)78)18-30(51(79)57-24-43(75)60-47)19-39(71)48(29(3)40(72)26-67)61-52(80)36-22-32(68)25-66(36)55(82)31(20-38(35)70)21-41(56)73/h9-12,28-32,35-36,40,47-48,62,67-69,72H,4-8,13-27H2,1-3H3,(H2,56,73)(H,57,79)(H,58,81)(H,59,74)(H,60,75)(H,61,80)/t28-,29-,30-,31-,32+,35-,36-,40-,47-,48-,84?/m0/s1. The van der Waals surface area contributed by atoms with Gasteiger partial charge in [-0.3, -0.25) is 66.6 Å². The van der Waals surface area contributed by atoms with E-state index < -0.39 is 188 Å². The van der Waals surface area contributed by atoms with Gasteiger partial charge in [-0.2, -0.15) is 0 Å². The fraction of sp³-hybridized carbons (Fsp3) is 0.600. The van der Waals surface area contributed by atoms with Gasteiger partial charge in [0.25, 0.3) is 11.8 Å². The van der Waals surface area contributed by atoms with Gasteiger partial charge in [0.2, 0.25) is 47.3 Å². The summed E-state index contributed by atoms with van der Waals surface area (Å²) in [4.78, 5) is 173. The first-order valence-electron chi connectivity index (χ1n) is 28.3. The lowest BCUT2D eigenvalue weighted by atomic mass is 9.85. The van der Waals surface area contributed by atoms with Gasteiger partial charge in [0.15, 0.2) is 11.6 Å². The summed E-state index contributed by atoms with van der Waals surface area (Å²) in [6, 6.07) is -3.51. The average Bonchev–Trinajstić information content (AvgIpc) is 4.06. The first-order valence-corrected chi connectivity index (χ1v) is 29.6. The number of unbranched alkanes of at least 4 members (excludes halogenated alkanes) is 2. The van der Waals surface area contributed by atoms with Crippen LogP contribution in [-0.2, 0) is 74.8 Å². The van der Waals surface area contributed by atoms with Crippen molar-refractivity contribution in [1.29, 1.82) is 0 Å². The molecule has 2 aromatic rings. The topological polar surface area (TPSA) is 418 Å². The van der Waals surface area contributed by atoms with E-state index in [1.165, 1.54) is 31.2 Å². The van der Waals surface area contributed by atoms with Gasteiger partial charge in [0, 0.05) is 101 Å². The van der Waals surface area contributed by atoms with Gasteiger partial charge in [0.1, 0.15) is 28.5 Å². The number of primary amides is 1. The number of phenolic OH excluding ortho intramolecular Hbond substituents is 1. The molecule has 1 unspecified atom stereocenters. The van der Waals surface area contributed by atoms with Crippen LogP contribution in [0.15, 0.2) is 29.3 Å². The number of benzene rings is 1. The summed E-state index contributed by atoms with van der Waals surface area (Å²) in [5.74, 6) is -15.5. The number of rotatable bonds is 14. The maximum absolute atomic E-state index is 15.4. The van der Waals surface area contributed by atoms with Crippen molar-refractivity contribution >= 4 is 98.0 Å². The number of nitrogens with zero attached hydrogens (tertiary/aromatic N) is 4. The number of aromatic amines is 1. The number of amides is 10. The number of fused-ring (bicyclic) bond motifs is 5. The van der Waals surface area contributed by atoms with Gasteiger partial charge >= 0.3 is 0 Å². The molecule has 12 N–H and O–H groups in total. The van der Waals surface area contributed by atoms with Crippen molar-refractivity contribution < 1.29 is 82.2 Å². The van der Waals surface area contributed by atoms with E-state index in [9.17, 15) is 78.0 Å². The quantitative estimate of drug-likeness (QED) is 0.0643. The number of H-pyrrole nitrogens is 1. The van der Waals surface area contributed by atoms with Crippen LogP contribution < -0.4 is 37.2 Å². The van der Waals surface area contributed by atoms with Crippen molar-refractivity contribution in [3.05, 3.63) is 29.8 Å². The number of imide groups is 1. The number of ketones is 2. The number of hydrogen-bond donors (Lipinski definition) is 11. The largest absolute Gasteiger partial charge is 0.506 e. The van der Waals surface area contributed by atoms with E-state index in [4.69, 9.17) is 5.73 Å². The first kappa shape index (κ1) is 63.9. The second kappa shape index (κ2) is 28.3. The molecule has 0 radical (unpaired) electrons. The molecule has 29 heteroatoms. The molecule has 11 atom stereocenters. The van der Waals surface area contributed by atoms with Gasteiger partial charge < -0.3 is 72.4 Å². The Morgan fingerprint density at radius 3 is 2.13 bits per heavy atom. The average molecular weight is 1190 g/mol. The van der Waals surface area contributed by atoms with Crippen LogP contribution in [0.3, 0.4) is 0 Å². The number of Topliss-reactive ketones (excluding diaryl/α,β-unsaturated/α-hetero) is 2. The molecule has 10 amide bonds. The molecule has 0 aliphatic carbocycles. The molecule has 2 bridgehead atoms. The minimum atomic E-state index is -2.46. The Balaban J connectivity index is 1.32. The Hall–Kier alpha value is -7.63. The fourth-order valence-corrected chi connectivity index (χ4v) is 12.8. The second-order valence-corrected chi connectivity index (χ2v) is 23.7. The number of hydrogen-bond acceptors (Lipinski definition) is 18. The lowest BCUT2D eigenvalue weighted by Crippen LogP contribution is -2.56. The normalized spacial score (nSPS) is 26.7. The summed E-state index contributed by atoms with van der Waals surface area (Å²) < 4.78 is 15.4. The van der Waals surface area contributed by atoms with Crippen molar-refractivity contribution in [3.8, 4) is 5.75 Å². The molecule has 0 saturated carbocycles. The minimum Gasteiger partial charge on any atom is -0.506 e. The second-order valence-electron chi connectivity index (χ2n) is 22.2. The third-order valence-corrected chi connectivity index (χ3v) is 17.8. The Bertz CT molecular complexity index is 2960. The molecular weight excluding hydrogens is 1120 g/mol. The van der Waals surface area contributed by atoms with Gasteiger partial charge in [-0.05, 0) is 42.9 Å². The number of aliphatic hydroxyl groups excluding tert-OH is 3. The van der Waals surface area contributed by atoms with E-state index in [2.05, 4.69) is 31.6 Å². The number of piperazine rings is 1. The molecule has 458 valence electrons. The molecule has 0 spiro atoms. The molecule has 1 aromatic carbocycles. The summed E-state index contributed by atoms with van der Waals surface area (Å²) in [6.45, 7) is 2.76. The van der Waals surface area contributed by atoms with Gasteiger partial charge in [0.05, 0.1) is 72.0 Å². The molecular formula is C55H75N11O17S. The number of aromatic hydroxyl groups is 1. The summed E-state index contributed by atoms with van der Waals surface area (Å²) in [5.41, 5.74) is 6.05. The summed E-state index contributed by atoms with van der Waals surface area (Å²) in [7, 11) is -2.46. The lowest BCUT2D eigenvalue weighted by molar-refractivity contribution is -0.145. The number of carbonyl (C=O) groups is 12. The van der Waals surface area contributed by atoms with E-state index in [-0.39, 0.29) is 89.8 Å². The monoisotopic (exact) mass is 1190 g/mol.